The molecule has 0 unspecified atom stereocenters. The second-order valence-electron chi connectivity index (χ2n) is 6.06. The average molecular weight is 360 g/mol. The predicted molar refractivity (Wildman–Crippen MR) is 79.1 cm³/mol. The zero-order chi connectivity index (χ0) is 18.2. The van der Waals surface area contributed by atoms with Gasteiger partial charge in [-0.2, -0.15) is 23.3 Å². The normalized spacial score (nSPS) is 26.2. The number of carbonyl (C=O) groups excluding carboxylic acids is 1. The molecule has 1 heterocycles. The lowest BCUT2D eigenvalue weighted by Gasteiger charge is -2.38. The van der Waals surface area contributed by atoms with Gasteiger partial charge in [-0.3, -0.25) is 4.79 Å². The fourth-order valence-corrected chi connectivity index (χ4v) is 3.20. The van der Waals surface area contributed by atoms with Crippen molar-refractivity contribution in [3.63, 3.8) is 0 Å². The first kappa shape index (κ1) is 17.7. The Morgan fingerprint density at radius 1 is 1.32 bits per heavy atom. The van der Waals surface area contributed by atoms with Crippen LogP contribution in [-0.2, 0) is 4.79 Å². The third-order valence-electron chi connectivity index (χ3n) is 4.44. The van der Waals surface area contributed by atoms with Gasteiger partial charge in [-0.15, -0.1) is 0 Å². The van der Waals surface area contributed by atoms with E-state index in [1.54, 1.807) is 0 Å². The molecule has 1 N–H and O–H groups in total. The number of halogens is 4. The number of rotatable bonds is 3. The lowest BCUT2D eigenvalue weighted by Crippen LogP contribution is -2.62. The number of amides is 1. The molecule has 1 fully saturated rings. The second kappa shape index (κ2) is 6.29. The third-order valence-corrected chi connectivity index (χ3v) is 4.44. The molecule has 1 aromatic carbocycles. The van der Waals surface area contributed by atoms with Crippen LogP contribution in [0.5, 0.6) is 5.75 Å². The van der Waals surface area contributed by atoms with Gasteiger partial charge in [0, 0.05) is 5.71 Å². The summed E-state index contributed by atoms with van der Waals surface area (Å²) in [5.74, 6) is -2.77. The fraction of sp³-hybridized carbons (Fsp3) is 0.500. The number of ether oxygens (including phenoxy) is 1. The molecule has 1 saturated carbocycles. The number of hydrogen-bond donors (Lipinski definition) is 1. The Morgan fingerprint density at radius 2 is 2.00 bits per heavy atom. The molecule has 0 spiro atoms. The van der Waals surface area contributed by atoms with Gasteiger partial charge in [-0.05, 0) is 43.5 Å². The Hall–Kier alpha value is -2.16. The van der Waals surface area contributed by atoms with Crippen LogP contribution in [0.4, 0.5) is 17.6 Å². The van der Waals surface area contributed by atoms with E-state index in [-0.39, 0.29) is 22.9 Å². The molecule has 0 saturated heterocycles. The third kappa shape index (κ3) is 3.08. The molecule has 136 valence electrons. The van der Waals surface area contributed by atoms with Gasteiger partial charge < -0.3 is 9.84 Å². The lowest BCUT2D eigenvalue weighted by molar-refractivity contribution is -0.317. The molecule has 9 heteroatoms. The minimum atomic E-state index is -5.05. The van der Waals surface area contributed by atoms with E-state index < -0.39 is 36.2 Å². The SMILES string of the molecule is O=C(COc1ccc(F)cc1)N1N=C2CCCC[C@@H]2[C@@]1(O)C(F)(F)F. The molecular formula is C16H16F4N2O3. The topological polar surface area (TPSA) is 62.1 Å². The number of hydrazone groups is 1. The Labute approximate surface area is 140 Å². The molecular weight excluding hydrogens is 344 g/mol. The van der Waals surface area contributed by atoms with Crippen LogP contribution < -0.4 is 4.74 Å². The van der Waals surface area contributed by atoms with E-state index in [0.29, 0.717) is 19.3 Å². The molecule has 1 amide bonds. The molecule has 0 bridgehead atoms. The van der Waals surface area contributed by atoms with Gasteiger partial charge in [0.1, 0.15) is 11.6 Å². The van der Waals surface area contributed by atoms with Crippen molar-refractivity contribution in [2.75, 3.05) is 6.61 Å². The molecule has 0 radical (unpaired) electrons. The number of carbonyl (C=O) groups is 1. The highest BCUT2D eigenvalue weighted by molar-refractivity contribution is 5.93. The van der Waals surface area contributed by atoms with Crippen LogP contribution in [0.3, 0.4) is 0 Å². The maximum Gasteiger partial charge on any atom is 0.439 e. The molecule has 1 aliphatic heterocycles. The maximum atomic E-state index is 13.5. The van der Waals surface area contributed by atoms with Crippen LogP contribution in [-0.4, -0.2) is 40.2 Å². The Balaban J connectivity index is 1.79. The summed E-state index contributed by atoms with van der Waals surface area (Å²) in [5.41, 5.74) is -3.17. The van der Waals surface area contributed by atoms with Gasteiger partial charge >= 0.3 is 6.18 Å². The average Bonchev–Trinajstić information content (AvgIpc) is 2.89. The van der Waals surface area contributed by atoms with E-state index in [4.69, 9.17) is 4.74 Å². The van der Waals surface area contributed by atoms with E-state index in [9.17, 15) is 27.5 Å². The first-order valence-corrected chi connectivity index (χ1v) is 7.81. The summed E-state index contributed by atoms with van der Waals surface area (Å²) >= 11 is 0. The largest absolute Gasteiger partial charge is 0.484 e. The van der Waals surface area contributed by atoms with E-state index in [1.807, 2.05) is 0 Å². The first-order chi connectivity index (χ1) is 11.7. The molecule has 5 nitrogen and oxygen atoms in total. The molecule has 1 aromatic rings. The number of fused-ring (bicyclic) bond motifs is 1. The number of aliphatic hydroxyl groups is 1. The summed E-state index contributed by atoms with van der Waals surface area (Å²) in [4.78, 5) is 12.3. The summed E-state index contributed by atoms with van der Waals surface area (Å²) in [6.45, 7) is -0.756. The van der Waals surface area contributed by atoms with E-state index in [1.165, 1.54) is 12.1 Å². The highest BCUT2D eigenvalue weighted by Gasteiger charge is 2.68. The van der Waals surface area contributed by atoms with Gasteiger partial charge in [0.25, 0.3) is 11.6 Å². The number of benzene rings is 1. The Kier molecular flexibility index (Phi) is 4.44. The van der Waals surface area contributed by atoms with Crippen LogP contribution in [0.2, 0.25) is 0 Å². The van der Waals surface area contributed by atoms with Crippen LogP contribution >= 0.6 is 0 Å². The highest BCUT2D eigenvalue weighted by atomic mass is 19.4. The minimum Gasteiger partial charge on any atom is -0.484 e. The van der Waals surface area contributed by atoms with Crippen LogP contribution in [0.25, 0.3) is 0 Å². The van der Waals surface area contributed by atoms with E-state index in [2.05, 4.69) is 5.10 Å². The van der Waals surface area contributed by atoms with Gasteiger partial charge in [0.2, 0.25) is 0 Å². The summed E-state index contributed by atoms with van der Waals surface area (Å²) in [5, 5.41) is 14.2. The lowest BCUT2D eigenvalue weighted by atomic mass is 9.80. The van der Waals surface area contributed by atoms with Crippen molar-refractivity contribution in [1.29, 1.82) is 0 Å². The van der Waals surface area contributed by atoms with Crippen LogP contribution in [0.1, 0.15) is 25.7 Å². The zero-order valence-electron chi connectivity index (χ0n) is 13.1. The van der Waals surface area contributed by atoms with Crippen molar-refractivity contribution >= 4 is 11.6 Å². The van der Waals surface area contributed by atoms with Gasteiger partial charge in [-0.25, -0.2) is 4.39 Å². The minimum absolute atomic E-state index is 0.0991. The van der Waals surface area contributed by atoms with Crippen molar-refractivity contribution in [2.45, 2.75) is 37.6 Å². The predicted octanol–water partition coefficient (Wildman–Crippen LogP) is 2.84. The van der Waals surface area contributed by atoms with Gasteiger partial charge in [-0.1, -0.05) is 6.42 Å². The number of hydrogen-bond acceptors (Lipinski definition) is 4. The highest BCUT2D eigenvalue weighted by Crippen LogP contribution is 2.48. The van der Waals surface area contributed by atoms with Gasteiger partial charge in [0.05, 0.1) is 5.92 Å². The summed E-state index contributed by atoms with van der Waals surface area (Å²) in [6.07, 6.45) is -3.44. The van der Waals surface area contributed by atoms with Crippen LogP contribution in [0.15, 0.2) is 29.4 Å². The first-order valence-electron chi connectivity index (χ1n) is 7.81. The van der Waals surface area contributed by atoms with Crippen LogP contribution in [0, 0.1) is 11.7 Å². The quantitative estimate of drug-likeness (QED) is 0.844. The van der Waals surface area contributed by atoms with Crippen molar-refractivity contribution in [1.82, 2.24) is 5.01 Å². The monoisotopic (exact) mass is 360 g/mol. The van der Waals surface area contributed by atoms with E-state index in [0.717, 1.165) is 12.1 Å². The smallest absolute Gasteiger partial charge is 0.439 e. The van der Waals surface area contributed by atoms with Crippen molar-refractivity contribution < 1.29 is 32.2 Å². The molecule has 2 aliphatic rings. The molecule has 2 atom stereocenters. The maximum absolute atomic E-state index is 13.5. The van der Waals surface area contributed by atoms with Crippen molar-refractivity contribution in [3.8, 4) is 5.75 Å². The van der Waals surface area contributed by atoms with Crippen molar-refractivity contribution in [3.05, 3.63) is 30.1 Å². The summed E-state index contributed by atoms with van der Waals surface area (Å²) < 4.78 is 58.5. The summed E-state index contributed by atoms with van der Waals surface area (Å²) in [7, 11) is 0. The molecule has 0 aromatic heterocycles. The second-order valence-corrected chi connectivity index (χ2v) is 6.06. The standard InChI is InChI=1S/C16H16F4N2O3/c17-10-5-7-11(8-6-10)25-9-14(23)22-15(24,16(18,19)20)12-3-1-2-4-13(12)21-22/h5-8,12,24H,1-4,9H2/t12-,15+/m0/s1. The number of nitrogens with zero attached hydrogens (tertiary/aromatic N) is 2. The molecule has 25 heavy (non-hydrogen) atoms. The van der Waals surface area contributed by atoms with Crippen molar-refractivity contribution in [2.24, 2.45) is 11.0 Å². The Morgan fingerprint density at radius 3 is 2.64 bits per heavy atom. The van der Waals surface area contributed by atoms with E-state index >= 15 is 0 Å². The molecule has 3 rings (SSSR count). The summed E-state index contributed by atoms with van der Waals surface area (Å²) in [6, 6.07) is 4.68. The van der Waals surface area contributed by atoms with Gasteiger partial charge in [0.15, 0.2) is 6.61 Å². The zero-order valence-corrected chi connectivity index (χ0v) is 13.1. The molecule has 1 aliphatic carbocycles. The Bertz CT molecular complexity index is 690. The fourth-order valence-electron chi connectivity index (χ4n) is 3.20. The number of alkyl halides is 3.